The van der Waals surface area contributed by atoms with E-state index >= 15 is 0 Å². The molecule has 0 amide bonds. The van der Waals surface area contributed by atoms with Crippen molar-refractivity contribution in [3.05, 3.63) is 23.4 Å². The third kappa shape index (κ3) is 2.93. The van der Waals surface area contributed by atoms with Crippen molar-refractivity contribution in [3.8, 4) is 0 Å². The Kier molecular flexibility index (Phi) is 4.71. The maximum absolute atomic E-state index is 6.16. The number of nitrogens with zero attached hydrogens (tertiary/aromatic N) is 1. The third-order valence-electron chi connectivity index (χ3n) is 2.63. The zero-order valence-electron chi connectivity index (χ0n) is 10.2. The first-order valence-corrected chi connectivity index (χ1v) is 5.69. The molecule has 2 unspecified atom stereocenters. The van der Waals surface area contributed by atoms with Crippen molar-refractivity contribution in [2.24, 2.45) is 5.73 Å². The van der Waals surface area contributed by atoms with Crippen molar-refractivity contribution in [1.29, 1.82) is 0 Å². The van der Waals surface area contributed by atoms with Gasteiger partial charge in [-0.2, -0.15) is 0 Å². The maximum Gasteiger partial charge on any atom is 0.128 e. The fourth-order valence-electron chi connectivity index (χ4n) is 1.76. The summed E-state index contributed by atoms with van der Waals surface area (Å²) < 4.78 is 5.59. The summed E-state index contributed by atoms with van der Waals surface area (Å²) in [6.07, 6.45) is 2.60. The normalized spacial score (nSPS) is 14.8. The molecular formula is C12H21N3O. The van der Waals surface area contributed by atoms with Gasteiger partial charge >= 0.3 is 0 Å². The predicted octanol–water partition coefficient (Wildman–Crippen LogP) is 1.79. The maximum atomic E-state index is 6.16. The lowest BCUT2D eigenvalue weighted by Gasteiger charge is -2.23. The van der Waals surface area contributed by atoms with Gasteiger partial charge in [-0.3, -0.25) is 0 Å². The highest BCUT2D eigenvalue weighted by molar-refractivity contribution is 5.43. The Balaban J connectivity index is 2.93. The molecule has 0 fully saturated rings. The van der Waals surface area contributed by atoms with E-state index < -0.39 is 0 Å². The Morgan fingerprint density at radius 1 is 1.44 bits per heavy atom. The number of hydrogen-bond acceptors (Lipinski definition) is 4. The van der Waals surface area contributed by atoms with Crippen molar-refractivity contribution >= 4 is 5.82 Å². The average molecular weight is 223 g/mol. The van der Waals surface area contributed by atoms with Gasteiger partial charge in [-0.25, -0.2) is 4.98 Å². The highest BCUT2D eigenvalue weighted by atomic mass is 16.5. The average Bonchev–Trinajstić information content (AvgIpc) is 2.28. The second kappa shape index (κ2) is 5.82. The van der Waals surface area contributed by atoms with E-state index in [0.29, 0.717) is 12.4 Å². The second-order valence-electron chi connectivity index (χ2n) is 3.91. The van der Waals surface area contributed by atoms with Gasteiger partial charge in [0.1, 0.15) is 5.82 Å². The number of anilines is 1. The van der Waals surface area contributed by atoms with Gasteiger partial charge in [-0.05, 0) is 31.9 Å². The summed E-state index contributed by atoms with van der Waals surface area (Å²) in [5.41, 5.74) is 13.9. The largest absolute Gasteiger partial charge is 0.383 e. The van der Waals surface area contributed by atoms with Gasteiger partial charge in [0.2, 0.25) is 0 Å². The minimum atomic E-state index is -0.211. The highest BCUT2D eigenvalue weighted by Gasteiger charge is 2.20. The van der Waals surface area contributed by atoms with Crippen molar-refractivity contribution in [2.75, 3.05) is 12.3 Å². The number of nitrogens with two attached hydrogens (primary N) is 2. The van der Waals surface area contributed by atoms with E-state index in [1.54, 1.807) is 6.20 Å². The van der Waals surface area contributed by atoms with Gasteiger partial charge in [0.05, 0.1) is 12.1 Å². The molecule has 0 saturated carbocycles. The first-order valence-electron chi connectivity index (χ1n) is 5.69. The standard InChI is InChI=1S/C12H21N3O/c1-4-10(16-5-2)11(13)9-6-8(3)7-15-12(9)14/h6-7,10-11H,4-5,13H2,1-3H3,(H2,14,15). The Labute approximate surface area is 97.0 Å². The van der Waals surface area contributed by atoms with Gasteiger partial charge in [0.15, 0.2) is 0 Å². The van der Waals surface area contributed by atoms with Crippen LogP contribution in [0, 0.1) is 6.92 Å². The van der Waals surface area contributed by atoms with E-state index in [-0.39, 0.29) is 12.1 Å². The van der Waals surface area contributed by atoms with E-state index in [9.17, 15) is 0 Å². The number of aromatic nitrogens is 1. The molecule has 4 nitrogen and oxygen atoms in total. The lowest BCUT2D eigenvalue weighted by molar-refractivity contribution is 0.0414. The Morgan fingerprint density at radius 3 is 2.69 bits per heavy atom. The van der Waals surface area contributed by atoms with E-state index in [0.717, 1.165) is 17.5 Å². The molecule has 16 heavy (non-hydrogen) atoms. The van der Waals surface area contributed by atoms with Gasteiger partial charge in [0, 0.05) is 18.4 Å². The molecule has 0 aliphatic heterocycles. The zero-order chi connectivity index (χ0) is 12.1. The van der Waals surface area contributed by atoms with Crippen LogP contribution in [0.1, 0.15) is 37.4 Å². The molecule has 4 N–H and O–H groups in total. The fourth-order valence-corrected chi connectivity index (χ4v) is 1.76. The molecule has 0 saturated heterocycles. The summed E-state index contributed by atoms with van der Waals surface area (Å²) in [5.74, 6) is 0.497. The van der Waals surface area contributed by atoms with Gasteiger partial charge < -0.3 is 16.2 Å². The minimum absolute atomic E-state index is 0.00380. The Morgan fingerprint density at radius 2 is 2.12 bits per heavy atom. The number of pyridine rings is 1. The fraction of sp³-hybridized carbons (Fsp3) is 0.583. The van der Waals surface area contributed by atoms with Crippen LogP contribution in [0.4, 0.5) is 5.82 Å². The van der Waals surface area contributed by atoms with Crippen molar-refractivity contribution in [3.63, 3.8) is 0 Å². The van der Waals surface area contributed by atoms with E-state index in [1.807, 2.05) is 19.9 Å². The molecule has 1 rings (SSSR count). The van der Waals surface area contributed by atoms with Crippen LogP contribution in [0.5, 0.6) is 0 Å². The molecule has 0 aromatic carbocycles. The Bertz CT molecular complexity index is 341. The number of hydrogen-bond donors (Lipinski definition) is 2. The SMILES string of the molecule is CCOC(CC)C(N)c1cc(C)cnc1N. The van der Waals surface area contributed by atoms with Gasteiger partial charge in [-0.15, -0.1) is 0 Å². The van der Waals surface area contributed by atoms with Crippen LogP contribution < -0.4 is 11.5 Å². The first-order chi connectivity index (χ1) is 7.60. The molecule has 1 heterocycles. The summed E-state index contributed by atoms with van der Waals surface area (Å²) in [4.78, 5) is 4.12. The van der Waals surface area contributed by atoms with E-state index in [2.05, 4.69) is 11.9 Å². The molecule has 4 heteroatoms. The van der Waals surface area contributed by atoms with Crippen LogP contribution >= 0.6 is 0 Å². The molecule has 0 aliphatic rings. The van der Waals surface area contributed by atoms with Crippen LogP contribution in [0.2, 0.25) is 0 Å². The van der Waals surface area contributed by atoms with E-state index in [1.165, 1.54) is 0 Å². The molecule has 2 atom stereocenters. The Hall–Kier alpha value is -1.13. The lowest BCUT2D eigenvalue weighted by atomic mass is 10.00. The summed E-state index contributed by atoms with van der Waals surface area (Å²) >= 11 is 0. The van der Waals surface area contributed by atoms with Gasteiger partial charge in [0.25, 0.3) is 0 Å². The number of rotatable bonds is 5. The highest BCUT2D eigenvalue weighted by Crippen LogP contribution is 2.23. The summed E-state index contributed by atoms with van der Waals surface area (Å²) in [5, 5.41) is 0. The quantitative estimate of drug-likeness (QED) is 0.798. The van der Waals surface area contributed by atoms with Crippen molar-refractivity contribution in [1.82, 2.24) is 4.98 Å². The minimum Gasteiger partial charge on any atom is -0.383 e. The molecule has 90 valence electrons. The number of ether oxygens (including phenoxy) is 1. The van der Waals surface area contributed by atoms with Crippen LogP contribution in [-0.4, -0.2) is 17.7 Å². The van der Waals surface area contributed by atoms with Crippen molar-refractivity contribution in [2.45, 2.75) is 39.3 Å². The predicted molar refractivity (Wildman–Crippen MR) is 66.0 cm³/mol. The number of nitrogen functional groups attached to an aromatic ring is 1. The van der Waals surface area contributed by atoms with Gasteiger partial charge in [-0.1, -0.05) is 6.92 Å². The zero-order valence-corrected chi connectivity index (χ0v) is 10.2. The molecule has 0 radical (unpaired) electrons. The molecule has 1 aromatic heterocycles. The summed E-state index contributed by atoms with van der Waals surface area (Å²) in [6, 6.07) is 1.77. The molecule has 0 aliphatic carbocycles. The van der Waals surface area contributed by atoms with Crippen LogP contribution in [0.3, 0.4) is 0 Å². The monoisotopic (exact) mass is 223 g/mol. The molecule has 0 spiro atoms. The topological polar surface area (TPSA) is 74.2 Å². The third-order valence-corrected chi connectivity index (χ3v) is 2.63. The number of aryl methyl sites for hydroxylation is 1. The van der Waals surface area contributed by atoms with Crippen molar-refractivity contribution < 1.29 is 4.74 Å². The molecule has 0 bridgehead atoms. The van der Waals surface area contributed by atoms with E-state index in [4.69, 9.17) is 16.2 Å². The van der Waals surface area contributed by atoms with Crippen LogP contribution in [0.15, 0.2) is 12.3 Å². The summed E-state index contributed by atoms with van der Waals surface area (Å²) in [7, 11) is 0. The molecular weight excluding hydrogens is 202 g/mol. The molecule has 1 aromatic rings. The smallest absolute Gasteiger partial charge is 0.128 e. The summed E-state index contributed by atoms with van der Waals surface area (Å²) in [6.45, 7) is 6.66. The lowest BCUT2D eigenvalue weighted by Crippen LogP contribution is -2.29. The first kappa shape index (κ1) is 12.9. The van der Waals surface area contributed by atoms with Crippen LogP contribution in [-0.2, 0) is 4.74 Å². The second-order valence-corrected chi connectivity index (χ2v) is 3.91. The van der Waals surface area contributed by atoms with Crippen LogP contribution in [0.25, 0.3) is 0 Å².